The number of hydrogen-bond donors (Lipinski definition) is 1. The average Bonchev–Trinajstić information content (AvgIpc) is 2.70. The van der Waals surface area contributed by atoms with Crippen LogP contribution in [-0.2, 0) is 13.0 Å². The monoisotopic (exact) mass is 280 g/mol. The maximum atomic E-state index is 6.09. The number of oxazole rings is 1. The summed E-state index contributed by atoms with van der Waals surface area (Å²) in [6.45, 7) is 6.40. The molecule has 2 aromatic rings. The predicted molar refractivity (Wildman–Crippen MR) is 74.3 cm³/mol. The molecule has 6 heteroatoms. The number of halogens is 1. The lowest BCUT2D eigenvalue weighted by atomic mass is 10.2. The van der Waals surface area contributed by atoms with Crippen molar-refractivity contribution in [1.29, 1.82) is 0 Å². The molecule has 0 unspecified atom stereocenters. The van der Waals surface area contributed by atoms with E-state index in [1.165, 1.54) is 6.33 Å². The van der Waals surface area contributed by atoms with E-state index in [9.17, 15) is 0 Å². The highest BCUT2D eigenvalue weighted by Gasteiger charge is 2.10. The van der Waals surface area contributed by atoms with E-state index in [-0.39, 0.29) is 0 Å². The molecule has 0 aromatic carbocycles. The first-order chi connectivity index (χ1) is 9.11. The Morgan fingerprint density at radius 2 is 2.11 bits per heavy atom. The number of rotatable bonds is 5. The Labute approximate surface area is 117 Å². The van der Waals surface area contributed by atoms with E-state index in [1.54, 1.807) is 0 Å². The first-order valence-electron chi connectivity index (χ1n) is 6.28. The molecule has 0 saturated carbocycles. The Kier molecular flexibility index (Phi) is 4.37. The van der Waals surface area contributed by atoms with E-state index < -0.39 is 0 Å². The zero-order valence-electron chi connectivity index (χ0n) is 11.3. The van der Waals surface area contributed by atoms with E-state index in [0.717, 1.165) is 35.7 Å². The summed E-state index contributed by atoms with van der Waals surface area (Å²) in [5.41, 5.74) is 1.85. The third kappa shape index (κ3) is 3.23. The van der Waals surface area contributed by atoms with Crippen LogP contribution in [0, 0.1) is 13.8 Å². The highest BCUT2D eigenvalue weighted by molar-refractivity contribution is 6.30. The van der Waals surface area contributed by atoms with E-state index in [2.05, 4.69) is 27.2 Å². The first-order valence-corrected chi connectivity index (χ1v) is 6.65. The van der Waals surface area contributed by atoms with Gasteiger partial charge in [-0.05, 0) is 20.3 Å². The zero-order valence-corrected chi connectivity index (χ0v) is 12.1. The summed E-state index contributed by atoms with van der Waals surface area (Å²) in [5, 5.41) is 3.70. The van der Waals surface area contributed by atoms with Crippen LogP contribution in [0.15, 0.2) is 10.7 Å². The Bertz CT molecular complexity index is 548. The van der Waals surface area contributed by atoms with Crippen molar-refractivity contribution in [1.82, 2.24) is 15.0 Å². The molecule has 2 rings (SSSR count). The van der Waals surface area contributed by atoms with Crippen molar-refractivity contribution in [2.75, 3.05) is 5.32 Å². The van der Waals surface area contributed by atoms with Gasteiger partial charge in [-0.25, -0.2) is 15.0 Å². The maximum Gasteiger partial charge on any atom is 0.213 e. The lowest BCUT2D eigenvalue weighted by molar-refractivity contribution is 0.478. The summed E-state index contributed by atoms with van der Waals surface area (Å²) in [4.78, 5) is 12.6. The van der Waals surface area contributed by atoms with Gasteiger partial charge < -0.3 is 9.73 Å². The highest BCUT2D eigenvalue weighted by Crippen LogP contribution is 2.22. The number of aryl methyl sites for hydroxylation is 2. The van der Waals surface area contributed by atoms with Crippen LogP contribution in [0.1, 0.15) is 36.3 Å². The fourth-order valence-corrected chi connectivity index (χ4v) is 2.02. The van der Waals surface area contributed by atoms with E-state index in [1.807, 2.05) is 13.8 Å². The van der Waals surface area contributed by atoms with Gasteiger partial charge in [0.1, 0.15) is 23.1 Å². The average molecular weight is 281 g/mol. The summed E-state index contributed by atoms with van der Waals surface area (Å²) in [6, 6.07) is 0. The summed E-state index contributed by atoms with van der Waals surface area (Å²) in [5.74, 6) is 2.23. The molecular formula is C13H17ClN4O. The minimum Gasteiger partial charge on any atom is -0.444 e. The van der Waals surface area contributed by atoms with Gasteiger partial charge in [0, 0.05) is 5.56 Å². The largest absolute Gasteiger partial charge is 0.444 e. The van der Waals surface area contributed by atoms with Gasteiger partial charge >= 0.3 is 0 Å². The second-order valence-corrected chi connectivity index (χ2v) is 4.70. The molecule has 1 N–H and O–H groups in total. The third-order valence-corrected chi connectivity index (χ3v) is 3.20. The minimum absolute atomic E-state index is 0.485. The van der Waals surface area contributed by atoms with Crippen molar-refractivity contribution >= 4 is 17.4 Å². The fraction of sp³-hybridized carbons (Fsp3) is 0.462. The molecule has 102 valence electrons. The normalized spacial score (nSPS) is 10.7. The highest BCUT2D eigenvalue weighted by atomic mass is 35.5. The molecule has 0 aliphatic heterocycles. The van der Waals surface area contributed by atoms with Crippen LogP contribution >= 0.6 is 11.6 Å². The standard InChI is InChI=1S/C13H17ClN4O/c1-4-5-10-12(14)16-7-17-13(10)15-6-11-18-8(2)9(3)19-11/h7H,4-6H2,1-3H3,(H,15,16,17). The van der Waals surface area contributed by atoms with Crippen LogP contribution in [0.4, 0.5) is 5.82 Å². The van der Waals surface area contributed by atoms with Crippen molar-refractivity contribution < 1.29 is 4.42 Å². The lowest BCUT2D eigenvalue weighted by Crippen LogP contribution is -2.06. The molecular weight excluding hydrogens is 264 g/mol. The van der Waals surface area contributed by atoms with Crippen LogP contribution in [0.25, 0.3) is 0 Å². The van der Waals surface area contributed by atoms with Crippen molar-refractivity contribution in [3.8, 4) is 0 Å². The van der Waals surface area contributed by atoms with E-state index in [0.29, 0.717) is 17.6 Å². The van der Waals surface area contributed by atoms with Crippen LogP contribution in [0.3, 0.4) is 0 Å². The quantitative estimate of drug-likeness (QED) is 0.852. The summed E-state index contributed by atoms with van der Waals surface area (Å²) < 4.78 is 5.52. The first kappa shape index (κ1) is 13.8. The fourth-order valence-electron chi connectivity index (χ4n) is 1.79. The predicted octanol–water partition coefficient (Wildman–Crippen LogP) is 3.30. The number of hydrogen-bond acceptors (Lipinski definition) is 5. The Balaban J connectivity index is 2.12. The molecule has 0 bridgehead atoms. The Morgan fingerprint density at radius 1 is 1.32 bits per heavy atom. The number of nitrogens with one attached hydrogen (secondary N) is 1. The maximum absolute atomic E-state index is 6.09. The second-order valence-electron chi connectivity index (χ2n) is 4.34. The molecule has 19 heavy (non-hydrogen) atoms. The SMILES string of the molecule is CCCc1c(Cl)ncnc1NCc1nc(C)c(C)o1. The van der Waals surface area contributed by atoms with Crippen LogP contribution in [-0.4, -0.2) is 15.0 Å². The molecule has 0 spiro atoms. The molecule has 0 saturated heterocycles. The van der Waals surface area contributed by atoms with Gasteiger partial charge in [-0.3, -0.25) is 0 Å². The van der Waals surface area contributed by atoms with Crippen LogP contribution in [0.5, 0.6) is 0 Å². The van der Waals surface area contributed by atoms with E-state index >= 15 is 0 Å². The zero-order chi connectivity index (χ0) is 13.8. The van der Waals surface area contributed by atoms with Gasteiger partial charge in [0.05, 0.1) is 12.2 Å². The molecule has 0 amide bonds. The second kappa shape index (κ2) is 6.02. The number of aromatic nitrogens is 3. The van der Waals surface area contributed by atoms with Crippen molar-refractivity contribution in [3.63, 3.8) is 0 Å². The van der Waals surface area contributed by atoms with Gasteiger partial charge in [0.2, 0.25) is 5.89 Å². The van der Waals surface area contributed by atoms with Gasteiger partial charge in [-0.1, -0.05) is 24.9 Å². The van der Waals surface area contributed by atoms with Gasteiger partial charge in [-0.2, -0.15) is 0 Å². The Hall–Kier alpha value is -1.62. The van der Waals surface area contributed by atoms with Crippen molar-refractivity contribution in [2.45, 2.75) is 40.2 Å². The van der Waals surface area contributed by atoms with Gasteiger partial charge in [0.25, 0.3) is 0 Å². The number of nitrogens with zero attached hydrogens (tertiary/aromatic N) is 3. The summed E-state index contributed by atoms with van der Waals surface area (Å²) >= 11 is 6.09. The Morgan fingerprint density at radius 3 is 2.74 bits per heavy atom. The number of anilines is 1. The molecule has 0 radical (unpaired) electrons. The van der Waals surface area contributed by atoms with Gasteiger partial charge in [0.15, 0.2) is 0 Å². The third-order valence-electron chi connectivity index (χ3n) is 2.87. The van der Waals surface area contributed by atoms with E-state index in [4.69, 9.17) is 16.0 Å². The molecule has 5 nitrogen and oxygen atoms in total. The van der Waals surface area contributed by atoms with Gasteiger partial charge in [-0.15, -0.1) is 0 Å². The molecule has 0 fully saturated rings. The molecule has 2 aromatic heterocycles. The van der Waals surface area contributed by atoms with Crippen molar-refractivity contribution in [2.24, 2.45) is 0 Å². The molecule has 0 aliphatic carbocycles. The summed E-state index contributed by atoms with van der Waals surface area (Å²) in [6.07, 6.45) is 3.28. The van der Waals surface area contributed by atoms with Crippen molar-refractivity contribution in [3.05, 3.63) is 34.4 Å². The molecule has 0 aliphatic rings. The topological polar surface area (TPSA) is 63.8 Å². The van der Waals surface area contributed by atoms with Crippen LogP contribution in [0.2, 0.25) is 5.15 Å². The van der Waals surface area contributed by atoms with Crippen LogP contribution < -0.4 is 5.32 Å². The smallest absolute Gasteiger partial charge is 0.213 e. The summed E-state index contributed by atoms with van der Waals surface area (Å²) in [7, 11) is 0. The molecule has 2 heterocycles. The minimum atomic E-state index is 0.485. The molecule has 0 atom stereocenters. The lowest BCUT2D eigenvalue weighted by Gasteiger charge is -2.09.